The van der Waals surface area contributed by atoms with Crippen LogP contribution in [0.5, 0.6) is 0 Å². The lowest BCUT2D eigenvalue weighted by Crippen LogP contribution is -2.27. The van der Waals surface area contributed by atoms with Crippen LogP contribution in [0.25, 0.3) is 11.0 Å². The summed E-state index contributed by atoms with van der Waals surface area (Å²) in [5.74, 6) is 0. The van der Waals surface area contributed by atoms with Crippen LogP contribution in [0.4, 0.5) is 0 Å². The van der Waals surface area contributed by atoms with Gasteiger partial charge < -0.3 is 20.4 Å². The predicted octanol–water partition coefficient (Wildman–Crippen LogP) is 0.0366. The van der Waals surface area contributed by atoms with Gasteiger partial charge in [-0.1, -0.05) is 0 Å². The van der Waals surface area contributed by atoms with Gasteiger partial charge in [0, 0.05) is 23.8 Å². The molecule has 0 bridgehead atoms. The third kappa shape index (κ3) is 1.65. The monoisotopic (exact) mass is 234 g/mol. The highest BCUT2D eigenvalue weighted by molar-refractivity contribution is 5.78. The molecule has 1 fully saturated rings. The molecular formula is C11H14N4O2. The van der Waals surface area contributed by atoms with Crippen LogP contribution in [0.3, 0.4) is 0 Å². The molecule has 6 nitrogen and oxygen atoms in total. The molecule has 0 aromatic carbocycles. The molecule has 0 radical (unpaired) electrons. The van der Waals surface area contributed by atoms with Gasteiger partial charge in [-0.25, -0.2) is 4.98 Å². The summed E-state index contributed by atoms with van der Waals surface area (Å²) in [6.07, 6.45) is 5.13. The van der Waals surface area contributed by atoms with Gasteiger partial charge in [0.25, 0.3) is 5.56 Å². The highest BCUT2D eigenvalue weighted by Crippen LogP contribution is 2.29. The van der Waals surface area contributed by atoms with Crippen molar-refractivity contribution < 1.29 is 5.11 Å². The van der Waals surface area contributed by atoms with Crippen molar-refractivity contribution >= 4 is 11.0 Å². The van der Waals surface area contributed by atoms with Gasteiger partial charge in [0.15, 0.2) is 0 Å². The minimum absolute atomic E-state index is 0.145. The summed E-state index contributed by atoms with van der Waals surface area (Å²) >= 11 is 0. The summed E-state index contributed by atoms with van der Waals surface area (Å²) in [5.41, 5.74) is 2.07. The Morgan fingerprint density at radius 1 is 1.41 bits per heavy atom. The van der Waals surface area contributed by atoms with Crippen LogP contribution in [-0.2, 0) is 0 Å². The molecule has 3 heterocycles. The zero-order chi connectivity index (χ0) is 11.8. The summed E-state index contributed by atoms with van der Waals surface area (Å²) in [6, 6.07) is 0.308. The van der Waals surface area contributed by atoms with Gasteiger partial charge in [0.1, 0.15) is 11.0 Å². The summed E-state index contributed by atoms with van der Waals surface area (Å²) in [5, 5.41) is 12.4. The minimum Gasteiger partial charge on any atom is -0.395 e. The van der Waals surface area contributed by atoms with E-state index in [-0.39, 0.29) is 24.2 Å². The van der Waals surface area contributed by atoms with Gasteiger partial charge in [-0.2, -0.15) is 0 Å². The average molecular weight is 234 g/mol. The Balaban J connectivity index is 2.02. The van der Waals surface area contributed by atoms with E-state index in [2.05, 4.69) is 20.3 Å². The molecule has 0 spiro atoms. The van der Waals surface area contributed by atoms with E-state index in [4.69, 9.17) is 5.11 Å². The Morgan fingerprint density at radius 2 is 2.29 bits per heavy atom. The van der Waals surface area contributed by atoms with Crippen molar-refractivity contribution in [3.63, 3.8) is 0 Å². The maximum Gasteiger partial charge on any atom is 0.275 e. The highest BCUT2D eigenvalue weighted by atomic mass is 16.3. The molecule has 0 unspecified atom stereocenters. The van der Waals surface area contributed by atoms with Gasteiger partial charge in [-0.15, -0.1) is 0 Å². The summed E-state index contributed by atoms with van der Waals surface area (Å²) < 4.78 is 0. The first kappa shape index (κ1) is 10.5. The predicted molar refractivity (Wildman–Crippen MR) is 62.7 cm³/mol. The van der Waals surface area contributed by atoms with Gasteiger partial charge in [-0.3, -0.25) is 4.79 Å². The zero-order valence-electron chi connectivity index (χ0n) is 9.23. The lowest BCUT2D eigenvalue weighted by atomic mass is 10.1. The number of nitrogens with one attached hydrogen (secondary N) is 3. The Kier molecular flexibility index (Phi) is 2.45. The molecule has 6 heteroatoms. The molecule has 2 aromatic heterocycles. The number of hydrogen-bond donors (Lipinski definition) is 4. The molecule has 3 rings (SSSR count). The number of aliphatic hydroxyl groups is 1. The molecule has 1 saturated heterocycles. The van der Waals surface area contributed by atoms with Crippen LogP contribution in [-0.4, -0.2) is 32.7 Å². The van der Waals surface area contributed by atoms with Crippen LogP contribution in [0, 0.1) is 0 Å². The number of aromatic amines is 2. The first-order valence-corrected chi connectivity index (χ1v) is 5.71. The minimum atomic E-state index is -0.155. The lowest BCUT2D eigenvalue weighted by molar-refractivity contribution is 0.252. The maximum absolute atomic E-state index is 11.5. The Morgan fingerprint density at radius 3 is 3.06 bits per heavy atom. The Bertz CT molecular complexity index is 588. The van der Waals surface area contributed by atoms with Crippen LogP contribution >= 0.6 is 0 Å². The Hall–Kier alpha value is -1.66. The molecule has 17 heavy (non-hydrogen) atoms. The zero-order valence-corrected chi connectivity index (χ0v) is 9.23. The highest BCUT2D eigenvalue weighted by Gasteiger charge is 2.26. The lowest BCUT2D eigenvalue weighted by Gasteiger charge is -2.11. The van der Waals surface area contributed by atoms with Gasteiger partial charge in [0.2, 0.25) is 0 Å². The second-order valence-corrected chi connectivity index (χ2v) is 4.38. The number of aliphatic hydroxyl groups excluding tert-OH is 1. The molecule has 1 aliphatic rings. The second kappa shape index (κ2) is 3.97. The van der Waals surface area contributed by atoms with E-state index in [0.29, 0.717) is 11.0 Å². The fourth-order valence-electron chi connectivity index (χ4n) is 2.44. The summed E-state index contributed by atoms with van der Waals surface area (Å²) in [7, 11) is 0. The fourth-order valence-corrected chi connectivity index (χ4v) is 2.44. The van der Waals surface area contributed by atoms with Crippen molar-refractivity contribution in [2.75, 3.05) is 6.61 Å². The topological polar surface area (TPSA) is 93.8 Å². The van der Waals surface area contributed by atoms with E-state index in [9.17, 15) is 4.79 Å². The normalized spacial score (nSPS) is 24.5. The van der Waals surface area contributed by atoms with Crippen LogP contribution in [0.15, 0.2) is 17.3 Å². The number of rotatable bonds is 2. The summed E-state index contributed by atoms with van der Waals surface area (Å²) in [6.45, 7) is 0.146. The van der Waals surface area contributed by atoms with Gasteiger partial charge in [-0.05, 0) is 12.8 Å². The number of hydrogen-bond acceptors (Lipinski definition) is 4. The fraction of sp³-hybridized carbons (Fsp3) is 0.455. The van der Waals surface area contributed by atoms with Crippen LogP contribution in [0.2, 0.25) is 0 Å². The SMILES string of the molecule is O=c1[nH]cnc2c([C@H]3CC[C@@H](CO)N3)c[nH]c12. The third-order valence-electron chi connectivity index (χ3n) is 3.34. The number of aromatic nitrogens is 3. The van der Waals surface area contributed by atoms with Crippen LogP contribution < -0.4 is 10.9 Å². The first-order valence-electron chi connectivity index (χ1n) is 5.71. The van der Waals surface area contributed by atoms with E-state index >= 15 is 0 Å². The van der Waals surface area contributed by atoms with Crippen molar-refractivity contribution in [1.82, 2.24) is 20.3 Å². The molecule has 2 aromatic rings. The number of fused-ring (bicyclic) bond motifs is 1. The third-order valence-corrected chi connectivity index (χ3v) is 3.34. The molecule has 4 N–H and O–H groups in total. The molecule has 0 saturated carbocycles. The van der Waals surface area contributed by atoms with Crippen LogP contribution in [0.1, 0.15) is 24.4 Å². The van der Waals surface area contributed by atoms with E-state index in [0.717, 1.165) is 18.4 Å². The van der Waals surface area contributed by atoms with E-state index < -0.39 is 0 Å². The van der Waals surface area contributed by atoms with Gasteiger partial charge >= 0.3 is 0 Å². The molecule has 1 aliphatic heterocycles. The first-order chi connectivity index (χ1) is 8.29. The van der Waals surface area contributed by atoms with E-state index in [1.807, 2.05) is 6.20 Å². The second-order valence-electron chi connectivity index (χ2n) is 4.38. The number of H-pyrrole nitrogens is 2. The largest absolute Gasteiger partial charge is 0.395 e. The van der Waals surface area contributed by atoms with Crippen molar-refractivity contribution in [2.24, 2.45) is 0 Å². The molecule has 0 amide bonds. The summed E-state index contributed by atoms with van der Waals surface area (Å²) in [4.78, 5) is 21.2. The van der Waals surface area contributed by atoms with E-state index in [1.165, 1.54) is 6.33 Å². The number of nitrogens with zero attached hydrogens (tertiary/aromatic N) is 1. The Labute approximate surface area is 97.1 Å². The van der Waals surface area contributed by atoms with Crippen molar-refractivity contribution in [1.29, 1.82) is 0 Å². The van der Waals surface area contributed by atoms with Crippen molar-refractivity contribution in [3.05, 3.63) is 28.4 Å². The smallest absolute Gasteiger partial charge is 0.275 e. The molecular weight excluding hydrogens is 220 g/mol. The molecule has 2 atom stereocenters. The maximum atomic E-state index is 11.5. The molecule has 90 valence electrons. The quantitative estimate of drug-likeness (QED) is 0.590. The van der Waals surface area contributed by atoms with Crippen molar-refractivity contribution in [2.45, 2.75) is 24.9 Å². The van der Waals surface area contributed by atoms with E-state index in [1.54, 1.807) is 0 Å². The standard InChI is InChI=1S/C11H14N4O2/c16-4-6-1-2-8(15-6)7-3-12-10-9(7)13-5-14-11(10)17/h3,5-6,8,12,15-16H,1-2,4H2,(H,13,14,17)/t6-,8+/m0/s1. The average Bonchev–Trinajstić information content (AvgIpc) is 2.94. The van der Waals surface area contributed by atoms with Crippen molar-refractivity contribution in [3.8, 4) is 0 Å². The van der Waals surface area contributed by atoms with Gasteiger partial charge in [0.05, 0.1) is 12.9 Å². The molecule has 0 aliphatic carbocycles.